The molecule has 0 aliphatic carbocycles. The molecule has 114 valence electrons. The fourth-order valence-electron chi connectivity index (χ4n) is 2.60. The molecule has 21 heavy (non-hydrogen) atoms. The monoisotopic (exact) mass is 287 g/mol. The van der Waals surface area contributed by atoms with Gasteiger partial charge in [-0.1, -0.05) is 11.8 Å². The molecule has 1 saturated heterocycles. The number of piperazine rings is 1. The Balaban J connectivity index is 2.17. The number of benzene rings is 1. The van der Waals surface area contributed by atoms with Crippen molar-refractivity contribution >= 4 is 0 Å². The standard InChI is InChI=1S/C17H25N3O/c1-14-12-20(10-9-19(14)2)13-16-11-17(21-3)7-6-15(16)5-4-8-18/h6-7,11,14H,8-10,12-13,18H2,1-3H3. The summed E-state index contributed by atoms with van der Waals surface area (Å²) in [7, 11) is 3.88. The van der Waals surface area contributed by atoms with Crippen LogP contribution in [-0.2, 0) is 6.54 Å². The molecule has 0 amide bonds. The second kappa shape index (κ2) is 7.46. The van der Waals surface area contributed by atoms with Gasteiger partial charge < -0.3 is 15.4 Å². The average Bonchev–Trinajstić information content (AvgIpc) is 2.49. The van der Waals surface area contributed by atoms with E-state index in [1.807, 2.05) is 12.1 Å². The van der Waals surface area contributed by atoms with Gasteiger partial charge in [0.15, 0.2) is 0 Å². The van der Waals surface area contributed by atoms with Gasteiger partial charge in [0, 0.05) is 37.8 Å². The molecule has 4 nitrogen and oxygen atoms in total. The van der Waals surface area contributed by atoms with E-state index in [0.717, 1.165) is 37.5 Å². The molecular weight excluding hydrogens is 262 g/mol. The van der Waals surface area contributed by atoms with Crippen LogP contribution in [0.4, 0.5) is 0 Å². The van der Waals surface area contributed by atoms with Gasteiger partial charge in [0.2, 0.25) is 0 Å². The molecule has 1 aliphatic rings. The number of ether oxygens (including phenoxy) is 1. The van der Waals surface area contributed by atoms with Gasteiger partial charge in [-0.3, -0.25) is 4.90 Å². The third-order valence-corrected chi connectivity index (χ3v) is 4.08. The van der Waals surface area contributed by atoms with Crippen LogP contribution >= 0.6 is 0 Å². The Morgan fingerprint density at radius 2 is 2.19 bits per heavy atom. The SMILES string of the molecule is COc1ccc(C#CCN)c(CN2CCN(C)C(C)C2)c1. The summed E-state index contributed by atoms with van der Waals surface area (Å²) < 4.78 is 5.34. The summed E-state index contributed by atoms with van der Waals surface area (Å²) in [6.07, 6.45) is 0. The number of methoxy groups -OCH3 is 1. The normalized spacial score (nSPS) is 19.9. The smallest absolute Gasteiger partial charge is 0.119 e. The van der Waals surface area contributed by atoms with Crippen LogP contribution < -0.4 is 10.5 Å². The van der Waals surface area contributed by atoms with Crippen molar-refractivity contribution in [3.8, 4) is 17.6 Å². The second-order valence-electron chi connectivity index (χ2n) is 5.59. The topological polar surface area (TPSA) is 41.7 Å². The van der Waals surface area contributed by atoms with Crippen LogP contribution in [0.15, 0.2) is 18.2 Å². The average molecular weight is 287 g/mol. The Kier molecular flexibility index (Phi) is 5.63. The summed E-state index contributed by atoms with van der Waals surface area (Å²) in [5.41, 5.74) is 7.75. The first-order chi connectivity index (χ1) is 10.1. The number of rotatable bonds is 3. The Morgan fingerprint density at radius 3 is 2.86 bits per heavy atom. The largest absolute Gasteiger partial charge is 0.497 e. The summed E-state index contributed by atoms with van der Waals surface area (Å²) in [4.78, 5) is 4.88. The van der Waals surface area contributed by atoms with Gasteiger partial charge in [-0.25, -0.2) is 0 Å². The van der Waals surface area contributed by atoms with E-state index >= 15 is 0 Å². The third kappa shape index (κ3) is 4.21. The van der Waals surface area contributed by atoms with Crippen molar-refractivity contribution in [3.05, 3.63) is 29.3 Å². The molecule has 1 fully saturated rings. The molecule has 1 atom stereocenters. The first-order valence-corrected chi connectivity index (χ1v) is 7.42. The first kappa shape index (κ1) is 15.8. The second-order valence-corrected chi connectivity index (χ2v) is 5.59. The van der Waals surface area contributed by atoms with E-state index in [0.29, 0.717) is 12.6 Å². The predicted octanol–water partition coefficient (Wildman–Crippen LogP) is 1.14. The van der Waals surface area contributed by atoms with E-state index in [2.05, 4.69) is 41.7 Å². The molecule has 1 aromatic carbocycles. The maximum atomic E-state index is 5.49. The summed E-state index contributed by atoms with van der Waals surface area (Å²) >= 11 is 0. The van der Waals surface area contributed by atoms with Crippen molar-refractivity contribution in [2.24, 2.45) is 5.73 Å². The molecule has 2 rings (SSSR count). The maximum absolute atomic E-state index is 5.49. The Labute approximate surface area is 127 Å². The molecular formula is C17H25N3O. The first-order valence-electron chi connectivity index (χ1n) is 7.42. The highest BCUT2D eigenvalue weighted by Gasteiger charge is 2.21. The minimum atomic E-state index is 0.386. The zero-order valence-electron chi connectivity index (χ0n) is 13.2. The predicted molar refractivity (Wildman–Crippen MR) is 86.3 cm³/mol. The number of hydrogen-bond donors (Lipinski definition) is 1. The number of likely N-dealkylation sites (N-methyl/N-ethyl adjacent to an activating group) is 1. The molecule has 1 unspecified atom stereocenters. The summed E-state index contributed by atoms with van der Waals surface area (Å²) in [5, 5.41) is 0. The number of hydrogen-bond acceptors (Lipinski definition) is 4. The summed E-state index contributed by atoms with van der Waals surface area (Å²) in [6.45, 7) is 6.84. The molecule has 0 saturated carbocycles. The van der Waals surface area contributed by atoms with Crippen LogP contribution in [0.2, 0.25) is 0 Å². The van der Waals surface area contributed by atoms with Gasteiger partial charge in [0.1, 0.15) is 5.75 Å². The molecule has 0 bridgehead atoms. The van der Waals surface area contributed by atoms with Crippen LogP contribution in [0.5, 0.6) is 5.75 Å². The quantitative estimate of drug-likeness (QED) is 0.847. The third-order valence-electron chi connectivity index (χ3n) is 4.08. The van der Waals surface area contributed by atoms with Crippen molar-refractivity contribution in [1.29, 1.82) is 0 Å². The van der Waals surface area contributed by atoms with Gasteiger partial charge in [0.05, 0.1) is 13.7 Å². The molecule has 1 heterocycles. The van der Waals surface area contributed by atoms with Gasteiger partial charge in [0.25, 0.3) is 0 Å². The van der Waals surface area contributed by atoms with Crippen molar-refractivity contribution in [1.82, 2.24) is 9.80 Å². The highest BCUT2D eigenvalue weighted by molar-refractivity contribution is 5.45. The lowest BCUT2D eigenvalue weighted by atomic mass is 10.1. The van der Waals surface area contributed by atoms with Gasteiger partial charge in [-0.15, -0.1) is 0 Å². The highest BCUT2D eigenvalue weighted by atomic mass is 16.5. The van der Waals surface area contributed by atoms with Crippen LogP contribution in [-0.4, -0.2) is 56.2 Å². The fraction of sp³-hybridized carbons (Fsp3) is 0.529. The van der Waals surface area contributed by atoms with E-state index in [1.165, 1.54) is 5.56 Å². The Hall–Kier alpha value is -1.54. The molecule has 0 spiro atoms. The summed E-state index contributed by atoms with van der Waals surface area (Å²) in [5.74, 6) is 6.99. The van der Waals surface area contributed by atoms with Gasteiger partial charge in [-0.2, -0.15) is 0 Å². The molecule has 4 heteroatoms. The zero-order chi connectivity index (χ0) is 15.2. The lowest BCUT2D eigenvalue weighted by molar-refractivity contribution is 0.0999. The van der Waals surface area contributed by atoms with Crippen LogP contribution in [0.25, 0.3) is 0 Å². The number of nitrogens with two attached hydrogens (primary N) is 1. The lowest BCUT2D eigenvalue weighted by Crippen LogP contribution is -2.49. The molecule has 1 aromatic rings. The Bertz CT molecular complexity index is 533. The van der Waals surface area contributed by atoms with E-state index < -0.39 is 0 Å². The van der Waals surface area contributed by atoms with Crippen molar-refractivity contribution in [2.45, 2.75) is 19.5 Å². The maximum Gasteiger partial charge on any atom is 0.119 e. The highest BCUT2D eigenvalue weighted by Crippen LogP contribution is 2.20. The fourth-order valence-corrected chi connectivity index (χ4v) is 2.60. The summed E-state index contributed by atoms with van der Waals surface area (Å²) in [6, 6.07) is 6.65. The minimum Gasteiger partial charge on any atom is -0.497 e. The van der Waals surface area contributed by atoms with E-state index in [9.17, 15) is 0 Å². The van der Waals surface area contributed by atoms with Crippen molar-refractivity contribution in [3.63, 3.8) is 0 Å². The van der Waals surface area contributed by atoms with Crippen molar-refractivity contribution in [2.75, 3.05) is 40.3 Å². The Morgan fingerprint density at radius 1 is 1.38 bits per heavy atom. The van der Waals surface area contributed by atoms with E-state index in [1.54, 1.807) is 7.11 Å². The minimum absolute atomic E-state index is 0.386. The molecule has 0 aromatic heterocycles. The van der Waals surface area contributed by atoms with E-state index in [4.69, 9.17) is 10.5 Å². The molecule has 2 N–H and O–H groups in total. The van der Waals surface area contributed by atoms with Gasteiger partial charge >= 0.3 is 0 Å². The lowest BCUT2D eigenvalue weighted by Gasteiger charge is -2.37. The molecule has 1 aliphatic heterocycles. The van der Waals surface area contributed by atoms with Crippen LogP contribution in [0.3, 0.4) is 0 Å². The van der Waals surface area contributed by atoms with Crippen LogP contribution in [0, 0.1) is 11.8 Å². The van der Waals surface area contributed by atoms with E-state index in [-0.39, 0.29) is 0 Å². The zero-order valence-corrected chi connectivity index (χ0v) is 13.2. The molecule has 0 radical (unpaired) electrons. The van der Waals surface area contributed by atoms with Gasteiger partial charge in [-0.05, 0) is 37.7 Å². The number of nitrogens with zero attached hydrogens (tertiary/aromatic N) is 2. The van der Waals surface area contributed by atoms with Crippen LogP contribution in [0.1, 0.15) is 18.1 Å². The van der Waals surface area contributed by atoms with Crippen molar-refractivity contribution < 1.29 is 4.74 Å².